The molecule has 0 heterocycles. The molecular weight excluding hydrogens is 263 g/mol. The van der Waals surface area contributed by atoms with Gasteiger partial charge in [-0.3, -0.25) is 0 Å². The highest BCUT2D eigenvalue weighted by molar-refractivity contribution is 5.68. The molecule has 1 aromatic rings. The van der Waals surface area contributed by atoms with Crippen LogP contribution in [0, 0.1) is 17.1 Å². The lowest BCUT2D eigenvalue weighted by atomic mass is 10.1. The second-order valence-electron chi connectivity index (χ2n) is 5.08. The second kappa shape index (κ2) is 6.24. The number of hydrogen-bond acceptors (Lipinski definition) is 4. The predicted molar refractivity (Wildman–Crippen MR) is 70.7 cm³/mol. The van der Waals surface area contributed by atoms with E-state index in [1.54, 1.807) is 26.8 Å². The minimum Gasteiger partial charge on any atom is -0.496 e. The zero-order chi connectivity index (χ0) is 15.3. The van der Waals surface area contributed by atoms with Crippen LogP contribution in [-0.2, 0) is 11.3 Å². The number of halogens is 1. The van der Waals surface area contributed by atoms with Crippen molar-refractivity contribution in [3.05, 3.63) is 29.1 Å². The molecule has 20 heavy (non-hydrogen) atoms. The van der Waals surface area contributed by atoms with Gasteiger partial charge < -0.3 is 14.8 Å². The first-order valence-electron chi connectivity index (χ1n) is 6.01. The van der Waals surface area contributed by atoms with Crippen LogP contribution in [-0.4, -0.2) is 18.8 Å². The Morgan fingerprint density at radius 2 is 2.10 bits per heavy atom. The van der Waals surface area contributed by atoms with E-state index in [-0.39, 0.29) is 23.4 Å². The van der Waals surface area contributed by atoms with Gasteiger partial charge in [0, 0.05) is 0 Å². The number of alkyl carbamates (subject to hydrolysis) is 1. The third-order valence-electron chi connectivity index (χ3n) is 2.35. The normalized spacial score (nSPS) is 10.6. The van der Waals surface area contributed by atoms with E-state index in [1.807, 2.05) is 0 Å². The van der Waals surface area contributed by atoms with Crippen LogP contribution >= 0.6 is 0 Å². The van der Waals surface area contributed by atoms with Crippen molar-refractivity contribution in [2.24, 2.45) is 0 Å². The van der Waals surface area contributed by atoms with Crippen LogP contribution in [0.2, 0.25) is 0 Å². The molecule has 0 atom stereocenters. The van der Waals surface area contributed by atoms with Crippen molar-refractivity contribution >= 4 is 6.09 Å². The van der Waals surface area contributed by atoms with Crippen LogP contribution in [0.25, 0.3) is 0 Å². The number of ether oxygens (including phenoxy) is 2. The molecule has 0 aliphatic rings. The molecule has 0 spiro atoms. The van der Waals surface area contributed by atoms with Crippen LogP contribution in [0.5, 0.6) is 5.75 Å². The number of carbonyl (C=O) groups excluding carboxylic acids is 1. The van der Waals surface area contributed by atoms with Gasteiger partial charge in [-0.1, -0.05) is 0 Å². The highest BCUT2D eigenvalue weighted by atomic mass is 19.1. The predicted octanol–water partition coefficient (Wildman–Crippen LogP) is 2.73. The Balaban J connectivity index is 2.87. The molecule has 1 rings (SSSR count). The van der Waals surface area contributed by atoms with E-state index >= 15 is 0 Å². The molecule has 0 aromatic heterocycles. The standard InChI is InChI=1S/C14H17FN2O3/c1-14(2,3)20-13(18)17-8-10-11(19-4)6-5-9(7-16)12(10)15/h5-6H,8H2,1-4H3,(H,17,18). The lowest BCUT2D eigenvalue weighted by Crippen LogP contribution is -2.32. The SMILES string of the molecule is COc1ccc(C#N)c(F)c1CNC(=O)OC(C)(C)C. The van der Waals surface area contributed by atoms with E-state index in [0.29, 0.717) is 0 Å². The lowest BCUT2D eigenvalue weighted by Gasteiger charge is -2.20. The monoisotopic (exact) mass is 280 g/mol. The van der Waals surface area contributed by atoms with Gasteiger partial charge in [-0.25, -0.2) is 9.18 Å². The van der Waals surface area contributed by atoms with Crippen molar-refractivity contribution in [2.45, 2.75) is 32.9 Å². The molecule has 0 aliphatic carbocycles. The van der Waals surface area contributed by atoms with Crippen molar-refractivity contribution in [1.82, 2.24) is 5.32 Å². The molecule has 0 saturated carbocycles. The molecular formula is C14H17FN2O3. The quantitative estimate of drug-likeness (QED) is 0.924. The topological polar surface area (TPSA) is 71.3 Å². The van der Waals surface area contributed by atoms with Crippen LogP contribution in [0.4, 0.5) is 9.18 Å². The van der Waals surface area contributed by atoms with Gasteiger partial charge >= 0.3 is 6.09 Å². The van der Waals surface area contributed by atoms with Gasteiger partial charge in [0.25, 0.3) is 0 Å². The number of hydrogen-bond donors (Lipinski definition) is 1. The highest BCUT2D eigenvalue weighted by Gasteiger charge is 2.18. The zero-order valence-electron chi connectivity index (χ0n) is 11.9. The van der Waals surface area contributed by atoms with Gasteiger partial charge in [-0.05, 0) is 32.9 Å². The molecule has 108 valence electrons. The molecule has 0 unspecified atom stereocenters. The summed E-state index contributed by atoms with van der Waals surface area (Å²) >= 11 is 0. The Hall–Kier alpha value is -2.29. The van der Waals surface area contributed by atoms with Crippen molar-refractivity contribution < 1.29 is 18.7 Å². The van der Waals surface area contributed by atoms with Gasteiger partial charge in [0.05, 0.1) is 24.8 Å². The summed E-state index contributed by atoms with van der Waals surface area (Å²) in [5.41, 5.74) is -0.634. The summed E-state index contributed by atoms with van der Waals surface area (Å²) in [6, 6.07) is 4.54. The highest BCUT2D eigenvalue weighted by Crippen LogP contribution is 2.24. The number of amides is 1. The molecule has 0 saturated heterocycles. The summed E-state index contributed by atoms with van der Waals surface area (Å²) in [6.07, 6.45) is -0.665. The van der Waals surface area contributed by atoms with Gasteiger partial charge in [0.15, 0.2) is 0 Å². The average molecular weight is 280 g/mol. The fourth-order valence-electron chi connectivity index (χ4n) is 1.52. The first-order chi connectivity index (χ1) is 9.28. The van der Waals surface area contributed by atoms with Crippen molar-refractivity contribution in [2.75, 3.05) is 7.11 Å². The van der Waals surface area contributed by atoms with Crippen molar-refractivity contribution in [3.63, 3.8) is 0 Å². The Kier molecular flexibility index (Phi) is 4.92. The summed E-state index contributed by atoms with van der Waals surface area (Å²) in [5.74, 6) is -0.444. The largest absolute Gasteiger partial charge is 0.496 e. The van der Waals surface area contributed by atoms with E-state index in [4.69, 9.17) is 14.7 Å². The summed E-state index contributed by atoms with van der Waals surface area (Å²) in [7, 11) is 1.39. The third-order valence-corrected chi connectivity index (χ3v) is 2.35. The summed E-state index contributed by atoms with van der Waals surface area (Å²) in [6.45, 7) is 5.05. The Labute approximate surface area is 117 Å². The fourth-order valence-corrected chi connectivity index (χ4v) is 1.52. The summed E-state index contributed by atoms with van der Waals surface area (Å²) in [4.78, 5) is 11.5. The van der Waals surface area contributed by atoms with E-state index in [0.717, 1.165) is 0 Å². The first-order valence-corrected chi connectivity index (χ1v) is 6.01. The number of nitrogens with one attached hydrogen (secondary N) is 1. The molecule has 0 bridgehead atoms. The maximum absolute atomic E-state index is 14.0. The van der Waals surface area contributed by atoms with Gasteiger partial charge in [0.2, 0.25) is 0 Å². The van der Waals surface area contributed by atoms with Gasteiger partial charge in [0.1, 0.15) is 23.2 Å². The molecule has 0 radical (unpaired) electrons. The number of rotatable bonds is 3. The maximum atomic E-state index is 14.0. The van der Waals surface area contributed by atoms with E-state index in [9.17, 15) is 9.18 Å². The Morgan fingerprint density at radius 3 is 2.60 bits per heavy atom. The maximum Gasteiger partial charge on any atom is 0.407 e. The molecule has 0 fully saturated rings. The zero-order valence-corrected chi connectivity index (χ0v) is 11.9. The fraction of sp³-hybridized carbons (Fsp3) is 0.429. The Bertz CT molecular complexity index is 545. The number of methoxy groups -OCH3 is 1. The minimum atomic E-state index is -0.706. The molecule has 6 heteroatoms. The number of nitrogens with zero attached hydrogens (tertiary/aromatic N) is 1. The van der Waals surface area contributed by atoms with Crippen molar-refractivity contribution in [1.29, 1.82) is 5.26 Å². The smallest absolute Gasteiger partial charge is 0.407 e. The van der Waals surface area contributed by atoms with E-state index < -0.39 is 17.5 Å². The molecule has 5 nitrogen and oxygen atoms in total. The number of benzene rings is 1. The first kappa shape index (κ1) is 15.8. The number of carbonyl (C=O) groups is 1. The summed E-state index contributed by atoms with van der Waals surface area (Å²) < 4.78 is 24.1. The molecule has 1 aromatic carbocycles. The summed E-state index contributed by atoms with van der Waals surface area (Å²) in [5, 5.41) is 11.2. The van der Waals surface area contributed by atoms with Crippen LogP contribution < -0.4 is 10.1 Å². The van der Waals surface area contributed by atoms with Crippen LogP contribution in [0.15, 0.2) is 12.1 Å². The van der Waals surface area contributed by atoms with Gasteiger partial charge in [-0.2, -0.15) is 5.26 Å². The van der Waals surface area contributed by atoms with E-state index in [2.05, 4.69) is 5.32 Å². The van der Waals surface area contributed by atoms with E-state index in [1.165, 1.54) is 19.2 Å². The second-order valence-corrected chi connectivity index (χ2v) is 5.08. The minimum absolute atomic E-state index is 0.105. The van der Waals surface area contributed by atoms with Crippen molar-refractivity contribution in [3.8, 4) is 11.8 Å². The van der Waals surface area contributed by atoms with Crippen LogP contribution in [0.1, 0.15) is 31.9 Å². The number of nitriles is 1. The molecule has 1 N–H and O–H groups in total. The Morgan fingerprint density at radius 1 is 1.45 bits per heavy atom. The average Bonchev–Trinajstić information content (AvgIpc) is 2.34. The lowest BCUT2D eigenvalue weighted by molar-refractivity contribution is 0.0523. The van der Waals surface area contributed by atoms with Crippen LogP contribution in [0.3, 0.4) is 0 Å². The molecule has 0 aliphatic heterocycles. The van der Waals surface area contributed by atoms with Gasteiger partial charge in [-0.15, -0.1) is 0 Å². The molecule has 1 amide bonds. The third kappa shape index (κ3) is 4.12.